The van der Waals surface area contributed by atoms with Crippen molar-refractivity contribution >= 4 is 11.6 Å². The lowest BCUT2D eigenvalue weighted by atomic mass is 10.1. The molecule has 0 aromatic carbocycles. The molecule has 3 rings (SSSR count). The number of carbonyl (C=O) groups excluding carboxylic acids is 1. The molecule has 1 aliphatic heterocycles. The lowest BCUT2D eigenvalue weighted by Gasteiger charge is -2.29. The summed E-state index contributed by atoms with van der Waals surface area (Å²) in [7, 11) is 0. The van der Waals surface area contributed by atoms with Crippen molar-refractivity contribution in [1.29, 1.82) is 0 Å². The van der Waals surface area contributed by atoms with Crippen LogP contribution < -0.4 is 0 Å². The minimum Gasteiger partial charge on any atom is -0.391 e. The highest BCUT2D eigenvalue weighted by Crippen LogP contribution is 2.17. The lowest BCUT2D eigenvalue weighted by molar-refractivity contribution is 0.0475. The first-order valence-electron chi connectivity index (χ1n) is 8.64. The van der Waals surface area contributed by atoms with Crippen LogP contribution in [0.2, 0.25) is 0 Å². The van der Waals surface area contributed by atoms with Crippen LogP contribution in [0.3, 0.4) is 0 Å². The molecule has 0 saturated carbocycles. The molecule has 0 spiro atoms. The van der Waals surface area contributed by atoms with Crippen LogP contribution in [0, 0.1) is 0 Å². The normalized spacial score (nSPS) is 18.5. The number of nitrogens with zero attached hydrogens (tertiary/aromatic N) is 5. The monoisotopic (exact) mass is 331 g/mol. The van der Waals surface area contributed by atoms with Gasteiger partial charge in [0.05, 0.1) is 12.3 Å². The number of rotatable bonds is 5. The number of hydrogen-bond acceptors (Lipinski definition) is 5. The first-order chi connectivity index (χ1) is 11.6. The first-order valence-corrected chi connectivity index (χ1v) is 8.64. The van der Waals surface area contributed by atoms with E-state index in [9.17, 15) is 9.90 Å². The third-order valence-electron chi connectivity index (χ3n) is 4.62. The molecular formula is C17H25N5O2. The molecule has 1 atom stereocenters. The highest BCUT2D eigenvalue weighted by atomic mass is 16.3. The number of aliphatic hydroxyl groups is 1. The molecule has 7 heteroatoms. The van der Waals surface area contributed by atoms with Crippen molar-refractivity contribution in [3.8, 4) is 0 Å². The highest BCUT2D eigenvalue weighted by Gasteiger charge is 2.25. The van der Waals surface area contributed by atoms with Crippen molar-refractivity contribution in [3.05, 3.63) is 29.7 Å². The number of β-amino-alcohol motifs (C(OH)–C–C–N with tert-alkyl or cyclic N) is 1. The predicted octanol–water partition coefficient (Wildman–Crippen LogP) is 1.17. The molecule has 0 radical (unpaired) electrons. The second-order valence-corrected chi connectivity index (χ2v) is 6.30. The molecule has 2 aromatic rings. The number of aromatic nitrogens is 3. The van der Waals surface area contributed by atoms with Gasteiger partial charge in [0.15, 0.2) is 5.65 Å². The van der Waals surface area contributed by atoms with Gasteiger partial charge in [0.25, 0.3) is 5.91 Å². The van der Waals surface area contributed by atoms with Crippen molar-refractivity contribution in [1.82, 2.24) is 24.4 Å². The molecule has 0 unspecified atom stereocenters. The maximum Gasteiger partial charge on any atom is 0.259 e. The van der Waals surface area contributed by atoms with E-state index in [0.29, 0.717) is 24.3 Å². The summed E-state index contributed by atoms with van der Waals surface area (Å²) in [6.45, 7) is 8.10. The fourth-order valence-corrected chi connectivity index (χ4v) is 3.16. The van der Waals surface area contributed by atoms with E-state index in [-0.39, 0.29) is 5.91 Å². The zero-order chi connectivity index (χ0) is 17.1. The van der Waals surface area contributed by atoms with Gasteiger partial charge in [0.1, 0.15) is 5.56 Å². The fourth-order valence-electron chi connectivity index (χ4n) is 3.16. The molecule has 1 aliphatic rings. The van der Waals surface area contributed by atoms with Crippen LogP contribution in [0.5, 0.6) is 0 Å². The highest BCUT2D eigenvalue weighted by molar-refractivity contribution is 5.99. The molecule has 0 aliphatic carbocycles. The quantitative estimate of drug-likeness (QED) is 0.890. The summed E-state index contributed by atoms with van der Waals surface area (Å²) >= 11 is 0. The summed E-state index contributed by atoms with van der Waals surface area (Å²) in [5.74, 6) is -0.104. The molecule has 2 aromatic heterocycles. The summed E-state index contributed by atoms with van der Waals surface area (Å²) in [4.78, 5) is 21.1. The Hall–Kier alpha value is -1.99. The molecular weight excluding hydrogens is 306 g/mol. The third kappa shape index (κ3) is 3.42. The summed E-state index contributed by atoms with van der Waals surface area (Å²) in [5.41, 5.74) is 2.14. The number of aliphatic hydroxyl groups excluding tert-OH is 1. The fraction of sp³-hybridized carbons (Fsp3) is 0.588. The van der Waals surface area contributed by atoms with E-state index < -0.39 is 6.10 Å². The van der Waals surface area contributed by atoms with Gasteiger partial charge in [-0.3, -0.25) is 9.69 Å². The maximum atomic E-state index is 12.7. The molecule has 1 fully saturated rings. The second-order valence-electron chi connectivity index (χ2n) is 6.30. The zero-order valence-corrected chi connectivity index (χ0v) is 14.4. The molecule has 1 amide bonds. The van der Waals surface area contributed by atoms with Gasteiger partial charge in [-0.15, -0.1) is 0 Å². The molecule has 7 nitrogen and oxygen atoms in total. The Balaban J connectivity index is 1.81. The van der Waals surface area contributed by atoms with Crippen LogP contribution in [-0.2, 0) is 6.54 Å². The van der Waals surface area contributed by atoms with E-state index in [1.54, 1.807) is 15.6 Å². The van der Waals surface area contributed by atoms with Gasteiger partial charge in [0, 0.05) is 37.6 Å². The van der Waals surface area contributed by atoms with Gasteiger partial charge < -0.3 is 10.0 Å². The van der Waals surface area contributed by atoms with Crippen LogP contribution in [-0.4, -0.2) is 67.7 Å². The van der Waals surface area contributed by atoms with Crippen LogP contribution in [0.1, 0.15) is 42.6 Å². The molecule has 3 heterocycles. The minimum absolute atomic E-state index is 0.104. The van der Waals surface area contributed by atoms with E-state index in [1.165, 1.54) is 0 Å². The van der Waals surface area contributed by atoms with Crippen LogP contribution in [0.25, 0.3) is 5.65 Å². The van der Waals surface area contributed by atoms with Gasteiger partial charge in [0.2, 0.25) is 0 Å². The molecule has 24 heavy (non-hydrogen) atoms. The van der Waals surface area contributed by atoms with Crippen molar-refractivity contribution < 1.29 is 9.90 Å². The van der Waals surface area contributed by atoms with Crippen LogP contribution in [0.15, 0.2) is 18.6 Å². The van der Waals surface area contributed by atoms with E-state index in [1.807, 2.05) is 12.4 Å². The number of hydrogen-bond donors (Lipinski definition) is 1. The summed E-state index contributed by atoms with van der Waals surface area (Å²) < 4.78 is 1.67. The van der Waals surface area contributed by atoms with Gasteiger partial charge in [-0.05, 0) is 25.9 Å². The lowest BCUT2D eigenvalue weighted by Crippen LogP contribution is -2.42. The standard InChI is InChI=1S/C17H25N5O2/c1-3-20(4-2)10-13-8-18-16-15(9-19-22(16)11-13)17(24)21-7-5-6-14(23)12-21/h8-9,11,14,23H,3-7,10,12H2,1-2H3/t14-/m1/s1. The Morgan fingerprint density at radius 3 is 2.88 bits per heavy atom. The van der Waals surface area contributed by atoms with E-state index >= 15 is 0 Å². The third-order valence-corrected chi connectivity index (χ3v) is 4.62. The van der Waals surface area contributed by atoms with E-state index in [4.69, 9.17) is 0 Å². The van der Waals surface area contributed by atoms with Crippen LogP contribution >= 0.6 is 0 Å². The molecule has 1 N–H and O–H groups in total. The van der Waals surface area contributed by atoms with Gasteiger partial charge in [-0.25, -0.2) is 9.50 Å². The van der Waals surface area contributed by atoms with E-state index in [0.717, 1.165) is 38.0 Å². The number of carbonyl (C=O) groups is 1. The van der Waals surface area contributed by atoms with Gasteiger partial charge in [-0.1, -0.05) is 13.8 Å². The topological polar surface area (TPSA) is 74.0 Å². The Morgan fingerprint density at radius 1 is 1.38 bits per heavy atom. The minimum atomic E-state index is -0.432. The smallest absolute Gasteiger partial charge is 0.259 e. The second kappa shape index (κ2) is 7.27. The van der Waals surface area contributed by atoms with Crippen molar-refractivity contribution in [2.45, 2.75) is 39.3 Å². The Bertz CT molecular complexity index is 710. The average Bonchev–Trinajstić information content (AvgIpc) is 3.02. The molecule has 1 saturated heterocycles. The van der Waals surface area contributed by atoms with Gasteiger partial charge >= 0.3 is 0 Å². The van der Waals surface area contributed by atoms with Gasteiger partial charge in [-0.2, -0.15) is 5.10 Å². The summed E-state index contributed by atoms with van der Waals surface area (Å²) in [6.07, 6.45) is 6.48. The SMILES string of the molecule is CCN(CC)Cc1cnc2c(C(=O)N3CCC[C@@H](O)C3)cnn2c1. The largest absolute Gasteiger partial charge is 0.391 e. The van der Waals surface area contributed by atoms with Crippen molar-refractivity contribution in [3.63, 3.8) is 0 Å². The Labute approximate surface area is 141 Å². The van der Waals surface area contributed by atoms with E-state index in [2.05, 4.69) is 28.8 Å². The van der Waals surface area contributed by atoms with Crippen LogP contribution in [0.4, 0.5) is 0 Å². The summed E-state index contributed by atoms with van der Waals surface area (Å²) in [5, 5.41) is 14.1. The number of likely N-dealkylation sites (tertiary alicyclic amines) is 1. The zero-order valence-electron chi connectivity index (χ0n) is 14.4. The maximum absolute atomic E-state index is 12.7. The number of fused-ring (bicyclic) bond motifs is 1. The predicted molar refractivity (Wildman–Crippen MR) is 90.8 cm³/mol. The summed E-state index contributed by atoms with van der Waals surface area (Å²) in [6, 6.07) is 0. The number of amides is 1. The number of piperidine rings is 1. The Kier molecular flexibility index (Phi) is 5.11. The molecule has 0 bridgehead atoms. The Morgan fingerprint density at radius 2 is 2.17 bits per heavy atom. The van der Waals surface area contributed by atoms with Crippen molar-refractivity contribution in [2.75, 3.05) is 26.2 Å². The molecule has 130 valence electrons. The first kappa shape index (κ1) is 16.9. The average molecular weight is 331 g/mol. The van der Waals surface area contributed by atoms with Crippen molar-refractivity contribution in [2.24, 2.45) is 0 Å².